The highest BCUT2D eigenvalue weighted by Crippen LogP contribution is 2.15. The van der Waals surface area contributed by atoms with Crippen molar-refractivity contribution in [3.05, 3.63) is 47.7 Å². The van der Waals surface area contributed by atoms with Crippen molar-refractivity contribution in [2.24, 2.45) is 0 Å². The number of aromatic nitrogens is 2. The molecular weight excluding hydrogens is 354 g/mol. The topological polar surface area (TPSA) is 70.6 Å². The van der Waals surface area contributed by atoms with E-state index in [0.29, 0.717) is 18.4 Å². The van der Waals surface area contributed by atoms with Crippen molar-refractivity contribution in [2.75, 3.05) is 44.7 Å². The molecule has 0 aliphatic carbocycles. The van der Waals surface area contributed by atoms with E-state index in [1.165, 1.54) is 5.56 Å². The van der Waals surface area contributed by atoms with Gasteiger partial charge in [0.25, 0.3) is 0 Å². The highest BCUT2D eigenvalue weighted by molar-refractivity contribution is 5.78. The molecule has 1 N–H and O–H groups in total. The molecule has 1 fully saturated rings. The Morgan fingerprint density at radius 3 is 2.54 bits per heavy atom. The number of nitrogens with one attached hydrogen (secondary N) is 1. The number of hydrogen-bond acceptors (Lipinski definition) is 6. The summed E-state index contributed by atoms with van der Waals surface area (Å²) in [7, 11) is 1.60. The summed E-state index contributed by atoms with van der Waals surface area (Å²) in [5.41, 5.74) is 2.44. The van der Waals surface area contributed by atoms with Crippen LogP contribution in [0.25, 0.3) is 0 Å². The average molecular weight is 383 g/mol. The molecule has 1 aliphatic heterocycles. The number of ether oxygens (including phenoxy) is 1. The fourth-order valence-electron chi connectivity index (χ4n) is 3.32. The summed E-state index contributed by atoms with van der Waals surface area (Å²) in [6.45, 7) is 7.74. The Morgan fingerprint density at radius 1 is 1.18 bits per heavy atom. The highest BCUT2D eigenvalue weighted by Gasteiger charge is 2.21. The van der Waals surface area contributed by atoms with Crippen molar-refractivity contribution in [1.29, 1.82) is 0 Å². The predicted molar refractivity (Wildman–Crippen MR) is 110 cm³/mol. The van der Waals surface area contributed by atoms with Gasteiger partial charge in [0.1, 0.15) is 0 Å². The molecular formula is C21H29N5O2. The van der Waals surface area contributed by atoms with Crippen molar-refractivity contribution in [1.82, 2.24) is 20.2 Å². The van der Waals surface area contributed by atoms with Crippen LogP contribution < -0.4 is 15.0 Å². The van der Waals surface area contributed by atoms with Crippen molar-refractivity contribution >= 4 is 11.9 Å². The first-order chi connectivity index (χ1) is 13.6. The molecule has 0 spiro atoms. The van der Waals surface area contributed by atoms with E-state index in [1.807, 2.05) is 6.92 Å². The molecule has 1 amide bonds. The van der Waals surface area contributed by atoms with Crippen LogP contribution in [0.5, 0.6) is 5.88 Å². The quantitative estimate of drug-likeness (QED) is 0.789. The number of aryl methyl sites for hydroxylation is 1. The average Bonchev–Trinajstić information content (AvgIpc) is 2.74. The van der Waals surface area contributed by atoms with Crippen molar-refractivity contribution in [3.8, 4) is 5.88 Å². The number of carbonyl (C=O) groups excluding carboxylic acids is 1. The second-order valence-corrected chi connectivity index (χ2v) is 7.05. The molecule has 0 bridgehead atoms. The van der Waals surface area contributed by atoms with E-state index in [2.05, 4.69) is 56.3 Å². The SMILES string of the molecule is CCc1ccc(C(C)NC(=O)CN2CCN(c3nccc(OC)n3)CC2)cc1. The van der Waals surface area contributed by atoms with E-state index in [-0.39, 0.29) is 11.9 Å². The monoisotopic (exact) mass is 383 g/mol. The minimum atomic E-state index is 0.00452. The molecule has 1 aliphatic rings. The van der Waals surface area contributed by atoms with Gasteiger partial charge in [0, 0.05) is 38.4 Å². The number of amides is 1. The molecule has 150 valence electrons. The van der Waals surface area contributed by atoms with Gasteiger partial charge in [-0.05, 0) is 24.5 Å². The third-order valence-corrected chi connectivity index (χ3v) is 5.11. The first-order valence-corrected chi connectivity index (χ1v) is 9.81. The van der Waals surface area contributed by atoms with Gasteiger partial charge in [-0.3, -0.25) is 9.69 Å². The van der Waals surface area contributed by atoms with Crippen LogP contribution in [0.3, 0.4) is 0 Å². The van der Waals surface area contributed by atoms with Crippen LogP contribution in [0.4, 0.5) is 5.95 Å². The van der Waals surface area contributed by atoms with Crippen molar-refractivity contribution in [2.45, 2.75) is 26.3 Å². The fourth-order valence-corrected chi connectivity index (χ4v) is 3.32. The van der Waals surface area contributed by atoms with Crippen LogP contribution in [0.1, 0.15) is 31.0 Å². The molecule has 28 heavy (non-hydrogen) atoms. The van der Waals surface area contributed by atoms with Gasteiger partial charge in [0.15, 0.2) is 0 Å². The van der Waals surface area contributed by atoms with E-state index in [1.54, 1.807) is 19.4 Å². The number of methoxy groups -OCH3 is 1. The molecule has 1 atom stereocenters. The minimum Gasteiger partial charge on any atom is -0.481 e. The number of benzene rings is 1. The van der Waals surface area contributed by atoms with Gasteiger partial charge < -0.3 is 15.0 Å². The molecule has 7 heteroatoms. The van der Waals surface area contributed by atoms with Gasteiger partial charge in [0.05, 0.1) is 19.7 Å². The van der Waals surface area contributed by atoms with E-state index in [0.717, 1.165) is 38.2 Å². The normalized spacial score (nSPS) is 15.9. The second-order valence-electron chi connectivity index (χ2n) is 7.05. The van der Waals surface area contributed by atoms with Crippen LogP contribution in [0.15, 0.2) is 36.5 Å². The maximum absolute atomic E-state index is 12.4. The second kappa shape index (κ2) is 9.50. The fraction of sp³-hybridized carbons (Fsp3) is 0.476. The summed E-state index contributed by atoms with van der Waals surface area (Å²) in [6, 6.07) is 10.2. The standard InChI is InChI=1S/C21H29N5O2/c1-4-17-5-7-18(8-6-17)16(2)23-19(27)15-25-11-13-26(14-12-25)21-22-10-9-20(24-21)28-3/h5-10,16H,4,11-15H2,1-3H3,(H,23,27). The van der Waals surface area contributed by atoms with Crippen LogP contribution in [-0.4, -0.2) is 60.6 Å². The maximum Gasteiger partial charge on any atom is 0.234 e. The molecule has 0 saturated carbocycles. The molecule has 0 radical (unpaired) electrons. The Balaban J connectivity index is 1.46. The van der Waals surface area contributed by atoms with Gasteiger partial charge in [0.2, 0.25) is 17.7 Å². The molecule has 1 unspecified atom stereocenters. The number of nitrogens with zero attached hydrogens (tertiary/aromatic N) is 4. The smallest absolute Gasteiger partial charge is 0.234 e. The summed E-state index contributed by atoms with van der Waals surface area (Å²) >= 11 is 0. The number of rotatable bonds is 7. The zero-order valence-electron chi connectivity index (χ0n) is 16.9. The molecule has 1 aromatic carbocycles. The lowest BCUT2D eigenvalue weighted by molar-refractivity contribution is -0.123. The molecule has 1 saturated heterocycles. The number of piperazine rings is 1. The summed E-state index contributed by atoms with van der Waals surface area (Å²) in [5, 5.41) is 3.10. The van der Waals surface area contributed by atoms with Crippen molar-refractivity contribution < 1.29 is 9.53 Å². The zero-order valence-corrected chi connectivity index (χ0v) is 16.9. The lowest BCUT2D eigenvalue weighted by atomic mass is 10.1. The molecule has 3 rings (SSSR count). The third-order valence-electron chi connectivity index (χ3n) is 5.11. The Bertz CT molecular complexity index is 773. The summed E-state index contributed by atoms with van der Waals surface area (Å²) in [4.78, 5) is 25.4. The Labute approximate surface area is 166 Å². The van der Waals surface area contributed by atoms with Gasteiger partial charge >= 0.3 is 0 Å². The Kier molecular flexibility index (Phi) is 6.81. The van der Waals surface area contributed by atoms with E-state index < -0.39 is 0 Å². The molecule has 1 aromatic heterocycles. The van der Waals surface area contributed by atoms with Gasteiger partial charge in [-0.25, -0.2) is 4.98 Å². The van der Waals surface area contributed by atoms with Gasteiger partial charge in [-0.15, -0.1) is 0 Å². The van der Waals surface area contributed by atoms with Crippen LogP contribution in [-0.2, 0) is 11.2 Å². The third kappa shape index (κ3) is 5.19. The summed E-state index contributed by atoms with van der Waals surface area (Å²) < 4.78 is 5.16. The van der Waals surface area contributed by atoms with E-state index in [9.17, 15) is 4.79 Å². The maximum atomic E-state index is 12.4. The Morgan fingerprint density at radius 2 is 1.89 bits per heavy atom. The molecule has 2 heterocycles. The first-order valence-electron chi connectivity index (χ1n) is 9.81. The lowest BCUT2D eigenvalue weighted by Crippen LogP contribution is -2.50. The van der Waals surface area contributed by atoms with E-state index in [4.69, 9.17) is 4.74 Å². The molecule has 2 aromatic rings. The predicted octanol–water partition coefficient (Wildman–Crippen LogP) is 2.05. The van der Waals surface area contributed by atoms with Crippen LogP contribution in [0.2, 0.25) is 0 Å². The van der Waals surface area contributed by atoms with Crippen LogP contribution in [0, 0.1) is 0 Å². The van der Waals surface area contributed by atoms with Crippen LogP contribution >= 0.6 is 0 Å². The van der Waals surface area contributed by atoms with Gasteiger partial charge in [-0.2, -0.15) is 4.98 Å². The first kappa shape index (κ1) is 20.1. The Hall–Kier alpha value is -2.67. The number of carbonyl (C=O) groups is 1. The summed E-state index contributed by atoms with van der Waals surface area (Å²) in [6.07, 6.45) is 2.73. The molecule has 7 nitrogen and oxygen atoms in total. The van der Waals surface area contributed by atoms with E-state index >= 15 is 0 Å². The van der Waals surface area contributed by atoms with Gasteiger partial charge in [-0.1, -0.05) is 31.2 Å². The largest absolute Gasteiger partial charge is 0.481 e. The number of hydrogen-bond donors (Lipinski definition) is 1. The van der Waals surface area contributed by atoms with Crippen molar-refractivity contribution in [3.63, 3.8) is 0 Å². The minimum absolute atomic E-state index is 0.00452. The number of anilines is 1. The zero-order chi connectivity index (χ0) is 19.9. The lowest BCUT2D eigenvalue weighted by Gasteiger charge is -2.34. The summed E-state index contributed by atoms with van der Waals surface area (Å²) in [5.74, 6) is 1.29. The highest BCUT2D eigenvalue weighted by atomic mass is 16.5.